The van der Waals surface area contributed by atoms with Crippen LogP contribution < -0.4 is 5.73 Å². The first kappa shape index (κ1) is 13.3. The molecular formula is C14H28N2O. The van der Waals surface area contributed by atoms with Gasteiger partial charge < -0.3 is 10.5 Å². The van der Waals surface area contributed by atoms with Gasteiger partial charge in [0.05, 0.1) is 6.61 Å². The minimum Gasteiger partial charge on any atom is -0.383 e. The lowest BCUT2D eigenvalue weighted by Gasteiger charge is -2.29. The number of nitrogens with zero attached hydrogens (tertiary/aromatic N) is 1. The Bertz CT molecular complexity index is 218. The van der Waals surface area contributed by atoms with E-state index in [-0.39, 0.29) is 0 Å². The maximum atomic E-state index is 6.32. The lowest BCUT2D eigenvalue weighted by Crippen LogP contribution is -2.41. The van der Waals surface area contributed by atoms with Crippen molar-refractivity contribution >= 4 is 0 Å². The zero-order chi connectivity index (χ0) is 12.1. The van der Waals surface area contributed by atoms with Crippen LogP contribution in [0, 0.1) is 5.92 Å². The van der Waals surface area contributed by atoms with E-state index in [1.165, 1.54) is 51.5 Å². The second-order valence-corrected chi connectivity index (χ2v) is 5.78. The molecular weight excluding hydrogens is 212 g/mol. The average molecular weight is 240 g/mol. The molecule has 0 aliphatic heterocycles. The van der Waals surface area contributed by atoms with Crippen molar-refractivity contribution in [3.05, 3.63) is 0 Å². The average Bonchev–Trinajstić information content (AvgIpc) is 3.14. The molecule has 0 amide bonds. The molecule has 3 nitrogen and oxygen atoms in total. The molecule has 0 aromatic heterocycles. The number of hydrogen-bond acceptors (Lipinski definition) is 3. The summed E-state index contributed by atoms with van der Waals surface area (Å²) in [7, 11) is 1.79. The summed E-state index contributed by atoms with van der Waals surface area (Å²) < 4.78 is 5.22. The zero-order valence-corrected chi connectivity index (χ0v) is 11.2. The topological polar surface area (TPSA) is 38.5 Å². The lowest BCUT2D eigenvalue weighted by atomic mass is 9.95. The number of hydrogen-bond donors (Lipinski definition) is 1. The van der Waals surface area contributed by atoms with Crippen LogP contribution in [-0.4, -0.2) is 43.8 Å². The van der Waals surface area contributed by atoms with Gasteiger partial charge in [0.25, 0.3) is 0 Å². The van der Waals surface area contributed by atoms with Crippen LogP contribution in [-0.2, 0) is 4.74 Å². The van der Waals surface area contributed by atoms with Crippen molar-refractivity contribution in [3.63, 3.8) is 0 Å². The largest absolute Gasteiger partial charge is 0.383 e. The van der Waals surface area contributed by atoms with Crippen molar-refractivity contribution in [3.8, 4) is 0 Å². The van der Waals surface area contributed by atoms with Crippen LogP contribution in [0.15, 0.2) is 0 Å². The SMILES string of the molecule is COCCN(CC1CCCCCC1N)C1CC1. The summed E-state index contributed by atoms with van der Waals surface area (Å²) in [5.74, 6) is 0.718. The van der Waals surface area contributed by atoms with Crippen LogP contribution in [0.1, 0.15) is 44.9 Å². The Morgan fingerprint density at radius 3 is 2.59 bits per heavy atom. The monoisotopic (exact) mass is 240 g/mol. The third-order valence-corrected chi connectivity index (χ3v) is 4.33. The van der Waals surface area contributed by atoms with Crippen molar-refractivity contribution in [2.24, 2.45) is 11.7 Å². The summed E-state index contributed by atoms with van der Waals surface area (Å²) in [5, 5.41) is 0. The summed E-state index contributed by atoms with van der Waals surface area (Å²) >= 11 is 0. The highest BCUT2D eigenvalue weighted by Gasteiger charge is 2.31. The van der Waals surface area contributed by atoms with Crippen LogP contribution in [0.4, 0.5) is 0 Å². The normalized spacial score (nSPS) is 30.5. The Morgan fingerprint density at radius 2 is 1.88 bits per heavy atom. The van der Waals surface area contributed by atoms with Gasteiger partial charge in [0, 0.05) is 32.3 Å². The molecule has 2 aliphatic carbocycles. The number of nitrogens with two attached hydrogens (primary N) is 1. The van der Waals surface area contributed by atoms with Crippen LogP contribution in [0.3, 0.4) is 0 Å². The fourth-order valence-corrected chi connectivity index (χ4v) is 3.01. The molecule has 2 rings (SSSR count). The number of methoxy groups -OCH3 is 1. The summed E-state index contributed by atoms with van der Waals surface area (Å²) in [6.07, 6.45) is 9.41. The minimum absolute atomic E-state index is 0.432. The number of ether oxygens (including phenoxy) is 1. The second-order valence-electron chi connectivity index (χ2n) is 5.78. The van der Waals surface area contributed by atoms with Gasteiger partial charge in [-0.15, -0.1) is 0 Å². The molecule has 2 N–H and O–H groups in total. The van der Waals surface area contributed by atoms with Gasteiger partial charge in [-0.05, 0) is 31.6 Å². The first-order valence-corrected chi connectivity index (χ1v) is 7.30. The summed E-state index contributed by atoms with van der Waals surface area (Å²) in [6, 6.07) is 1.27. The molecule has 2 fully saturated rings. The van der Waals surface area contributed by atoms with Crippen LogP contribution >= 0.6 is 0 Å². The molecule has 0 aromatic rings. The number of rotatable bonds is 6. The molecule has 3 heteroatoms. The third kappa shape index (κ3) is 4.23. The molecule has 100 valence electrons. The van der Waals surface area contributed by atoms with E-state index in [9.17, 15) is 0 Å². The molecule has 2 aliphatic rings. The Balaban J connectivity index is 1.82. The Labute approximate surface area is 106 Å². The smallest absolute Gasteiger partial charge is 0.0589 e. The van der Waals surface area contributed by atoms with E-state index in [0.29, 0.717) is 6.04 Å². The highest BCUT2D eigenvalue weighted by molar-refractivity contribution is 4.88. The Hall–Kier alpha value is -0.120. The van der Waals surface area contributed by atoms with Gasteiger partial charge in [0.2, 0.25) is 0 Å². The molecule has 2 saturated carbocycles. The van der Waals surface area contributed by atoms with Gasteiger partial charge in [-0.2, -0.15) is 0 Å². The van der Waals surface area contributed by atoms with Gasteiger partial charge in [-0.1, -0.05) is 19.3 Å². The van der Waals surface area contributed by atoms with Crippen LogP contribution in [0.2, 0.25) is 0 Å². The molecule has 2 unspecified atom stereocenters. The van der Waals surface area contributed by atoms with Crippen molar-refractivity contribution in [1.29, 1.82) is 0 Å². The van der Waals surface area contributed by atoms with Crippen molar-refractivity contribution in [2.75, 3.05) is 26.8 Å². The van der Waals surface area contributed by atoms with Crippen LogP contribution in [0.5, 0.6) is 0 Å². The van der Waals surface area contributed by atoms with Gasteiger partial charge in [0.15, 0.2) is 0 Å². The first-order chi connectivity index (χ1) is 8.31. The van der Waals surface area contributed by atoms with Crippen molar-refractivity contribution in [1.82, 2.24) is 4.90 Å². The van der Waals surface area contributed by atoms with E-state index in [1.54, 1.807) is 7.11 Å². The van der Waals surface area contributed by atoms with Crippen molar-refractivity contribution in [2.45, 2.75) is 57.0 Å². The van der Waals surface area contributed by atoms with E-state index in [4.69, 9.17) is 10.5 Å². The Morgan fingerprint density at radius 1 is 1.12 bits per heavy atom. The first-order valence-electron chi connectivity index (χ1n) is 7.30. The maximum Gasteiger partial charge on any atom is 0.0589 e. The quantitative estimate of drug-likeness (QED) is 0.722. The predicted molar refractivity (Wildman–Crippen MR) is 71.0 cm³/mol. The second kappa shape index (κ2) is 6.72. The molecule has 0 spiro atoms. The van der Waals surface area contributed by atoms with E-state index >= 15 is 0 Å². The summed E-state index contributed by atoms with van der Waals surface area (Å²) in [4.78, 5) is 2.62. The van der Waals surface area contributed by atoms with Gasteiger partial charge in [-0.25, -0.2) is 0 Å². The predicted octanol–water partition coefficient (Wildman–Crippen LogP) is 2.00. The summed E-state index contributed by atoms with van der Waals surface area (Å²) in [5.41, 5.74) is 6.32. The maximum absolute atomic E-state index is 6.32. The third-order valence-electron chi connectivity index (χ3n) is 4.33. The van der Waals surface area contributed by atoms with Gasteiger partial charge >= 0.3 is 0 Å². The van der Waals surface area contributed by atoms with Gasteiger partial charge in [0.1, 0.15) is 0 Å². The fraction of sp³-hybridized carbons (Fsp3) is 1.00. The van der Waals surface area contributed by atoms with E-state index in [2.05, 4.69) is 4.90 Å². The molecule has 17 heavy (non-hydrogen) atoms. The Kier molecular flexibility index (Phi) is 5.26. The summed E-state index contributed by atoms with van der Waals surface area (Å²) in [6.45, 7) is 3.15. The van der Waals surface area contributed by atoms with Crippen LogP contribution in [0.25, 0.3) is 0 Å². The lowest BCUT2D eigenvalue weighted by molar-refractivity contribution is 0.125. The standard InChI is InChI=1S/C14H28N2O/c1-17-10-9-16(13-7-8-13)11-12-5-3-2-4-6-14(12)15/h12-14H,2-11,15H2,1H3. The van der Waals surface area contributed by atoms with E-state index in [0.717, 1.165) is 25.1 Å². The van der Waals surface area contributed by atoms with Crippen molar-refractivity contribution < 1.29 is 4.74 Å². The minimum atomic E-state index is 0.432. The van der Waals surface area contributed by atoms with E-state index < -0.39 is 0 Å². The van der Waals surface area contributed by atoms with Gasteiger partial charge in [-0.3, -0.25) is 4.90 Å². The highest BCUT2D eigenvalue weighted by Crippen LogP contribution is 2.30. The molecule has 2 atom stereocenters. The molecule has 0 radical (unpaired) electrons. The molecule has 0 aromatic carbocycles. The fourth-order valence-electron chi connectivity index (χ4n) is 3.01. The zero-order valence-electron chi connectivity index (χ0n) is 11.2. The molecule has 0 saturated heterocycles. The molecule has 0 bridgehead atoms. The molecule has 0 heterocycles. The van der Waals surface area contributed by atoms with E-state index in [1.807, 2.05) is 0 Å². The highest BCUT2D eigenvalue weighted by atomic mass is 16.5.